The molecule has 5 heteroatoms. The van der Waals surface area contributed by atoms with Crippen molar-refractivity contribution in [1.29, 1.82) is 0 Å². The molecule has 1 atom stereocenters. The minimum atomic E-state index is -0.587. The van der Waals surface area contributed by atoms with Crippen LogP contribution in [0.1, 0.15) is 50.2 Å². The lowest BCUT2D eigenvalue weighted by Gasteiger charge is -2.35. The Labute approximate surface area is 148 Å². The molecule has 3 aliphatic rings. The second kappa shape index (κ2) is 6.94. The highest BCUT2D eigenvalue weighted by Crippen LogP contribution is 2.44. The summed E-state index contributed by atoms with van der Waals surface area (Å²) in [7, 11) is 0. The number of likely N-dealkylation sites (tertiary alicyclic amines) is 1. The van der Waals surface area contributed by atoms with E-state index in [4.69, 9.17) is 0 Å². The number of aliphatic hydroxyl groups is 1. The molecule has 2 amide bonds. The Morgan fingerprint density at radius 2 is 1.56 bits per heavy atom. The lowest BCUT2D eigenvalue weighted by molar-refractivity contribution is 0.0658. The molecule has 0 spiro atoms. The molecule has 1 aliphatic heterocycles. The van der Waals surface area contributed by atoms with Gasteiger partial charge >= 0.3 is 6.03 Å². The predicted octanol–water partition coefficient (Wildman–Crippen LogP) is 3.47. The van der Waals surface area contributed by atoms with E-state index in [0.29, 0.717) is 31.0 Å². The fourth-order valence-corrected chi connectivity index (χ4v) is 4.12. The van der Waals surface area contributed by atoms with Gasteiger partial charge in [0.25, 0.3) is 0 Å². The Bertz CT molecular complexity index is 593. The number of nitrogens with zero attached hydrogens (tertiary/aromatic N) is 1. The summed E-state index contributed by atoms with van der Waals surface area (Å²) in [6, 6.07) is 6.52. The first-order valence-corrected chi connectivity index (χ1v) is 9.61. The van der Waals surface area contributed by atoms with Gasteiger partial charge in [-0.2, -0.15) is 0 Å². The highest BCUT2D eigenvalue weighted by Gasteiger charge is 2.43. The molecule has 25 heavy (non-hydrogen) atoms. The van der Waals surface area contributed by atoms with Crippen LogP contribution < -0.4 is 5.32 Å². The predicted molar refractivity (Wildman–Crippen MR) is 93.4 cm³/mol. The van der Waals surface area contributed by atoms with E-state index in [9.17, 15) is 14.3 Å². The number of urea groups is 1. The van der Waals surface area contributed by atoms with E-state index in [1.807, 2.05) is 4.90 Å². The molecule has 0 radical (unpaired) electrons. The molecule has 2 aliphatic carbocycles. The first-order valence-electron chi connectivity index (χ1n) is 9.61. The van der Waals surface area contributed by atoms with Crippen molar-refractivity contribution in [2.24, 2.45) is 17.8 Å². The first kappa shape index (κ1) is 16.8. The van der Waals surface area contributed by atoms with E-state index < -0.39 is 6.10 Å². The largest absolute Gasteiger partial charge is 0.388 e. The van der Waals surface area contributed by atoms with Crippen LogP contribution >= 0.6 is 0 Å². The number of carbonyl (C=O) groups is 1. The van der Waals surface area contributed by atoms with Crippen molar-refractivity contribution in [3.8, 4) is 0 Å². The van der Waals surface area contributed by atoms with Gasteiger partial charge in [0, 0.05) is 19.1 Å². The maximum absolute atomic E-state index is 13.0. The summed E-state index contributed by atoms with van der Waals surface area (Å²) in [5, 5.41) is 13.8. The van der Waals surface area contributed by atoms with Gasteiger partial charge in [0.05, 0.1) is 6.10 Å². The second-order valence-electron chi connectivity index (χ2n) is 7.97. The third-order valence-electron chi connectivity index (χ3n) is 6.03. The molecular formula is C20H27FN2O2. The zero-order valence-electron chi connectivity index (χ0n) is 14.5. The molecule has 4 rings (SSSR count). The van der Waals surface area contributed by atoms with Gasteiger partial charge < -0.3 is 15.3 Å². The average molecular weight is 346 g/mol. The number of amides is 2. The van der Waals surface area contributed by atoms with E-state index in [1.54, 1.807) is 12.1 Å². The Kier molecular flexibility index (Phi) is 4.67. The van der Waals surface area contributed by atoms with Gasteiger partial charge in [-0.1, -0.05) is 12.1 Å². The van der Waals surface area contributed by atoms with Crippen LogP contribution in [0.5, 0.6) is 0 Å². The quantitative estimate of drug-likeness (QED) is 0.858. The smallest absolute Gasteiger partial charge is 0.317 e. The van der Waals surface area contributed by atoms with Gasteiger partial charge in [-0.25, -0.2) is 9.18 Å². The zero-order chi connectivity index (χ0) is 17.4. The van der Waals surface area contributed by atoms with Crippen LogP contribution in [-0.2, 0) is 0 Å². The van der Waals surface area contributed by atoms with E-state index in [0.717, 1.165) is 18.4 Å². The van der Waals surface area contributed by atoms with Crippen molar-refractivity contribution >= 4 is 6.03 Å². The van der Waals surface area contributed by atoms with Gasteiger partial charge in [0.15, 0.2) is 0 Å². The Hall–Kier alpha value is -1.62. The highest BCUT2D eigenvalue weighted by atomic mass is 19.1. The van der Waals surface area contributed by atoms with E-state index >= 15 is 0 Å². The van der Waals surface area contributed by atoms with Gasteiger partial charge in [-0.15, -0.1) is 0 Å². The van der Waals surface area contributed by atoms with E-state index in [2.05, 4.69) is 5.32 Å². The fourth-order valence-electron chi connectivity index (χ4n) is 4.12. The summed E-state index contributed by atoms with van der Waals surface area (Å²) in [6.45, 7) is 1.35. The average Bonchev–Trinajstić information content (AvgIpc) is 3.53. The Morgan fingerprint density at radius 1 is 1.00 bits per heavy atom. The number of hydrogen-bond acceptors (Lipinski definition) is 2. The minimum Gasteiger partial charge on any atom is -0.388 e. The molecule has 0 bridgehead atoms. The molecular weight excluding hydrogens is 319 g/mol. The standard InChI is InChI=1S/C20H27FN2O2/c21-17-7-5-15(6-8-17)19(24)16-9-11-23(12-10-16)20(25)22-18(13-1-2-13)14-3-4-14/h5-8,13-14,16,18-19,24H,1-4,9-12H2,(H,22,25). The fraction of sp³-hybridized carbons (Fsp3) is 0.650. The van der Waals surface area contributed by atoms with Crippen LogP contribution in [0.4, 0.5) is 9.18 Å². The lowest BCUT2D eigenvalue weighted by atomic mass is 9.87. The summed E-state index contributed by atoms with van der Waals surface area (Å²) < 4.78 is 13.0. The van der Waals surface area contributed by atoms with E-state index in [-0.39, 0.29) is 17.8 Å². The van der Waals surface area contributed by atoms with Crippen molar-refractivity contribution < 1.29 is 14.3 Å². The molecule has 0 aromatic heterocycles. The Balaban J connectivity index is 1.28. The number of rotatable bonds is 5. The molecule has 2 saturated carbocycles. The molecule has 2 N–H and O–H groups in total. The topological polar surface area (TPSA) is 52.6 Å². The summed E-state index contributed by atoms with van der Waals surface area (Å²) in [5.41, 5.74) is 0.756. The van der Waals surface area contributed by atoms with Gasteiger partial charge in [0.1, 0.15) is 5.82 Å². The number of benzene rings is 1. The van der Waals surface area contributed by atoms with Crippen molar-refractivity contribution in [2.75, 3.05) is 13.1 Å². The molecule has 136 valence electrons. The number of nitrogens with one attached hydrogen (secondary N) is 1. The van der Waals surface area contributed by atoms with Gasteiger partial charge in [0.2, 0.25) is 0 Å². The molecule has 1 aromatic rings. The monoisotopic (exact) mass is 346 g/mol. The number of carbonyl (C=O) groups excluding carboxylic acids is 1. The van der Waals surface area contributed by atoms with Gasteiger partial charge in [-0.3, -0.25) is 0 Å². The van der Waals surface area contributed by atoms with Crippen LogP contribution in [0, 0.1) is 23.6 Å². The van der Waals surface area contributed by atoms with Crippen LogP contribution in [-0.4, -0.2) is 35.2 Å². The van der Waals surface area contributed by atoms with Crippen LogP contribution in [0.2, 0.25) is 0 Å². The number of halogens is 1. The summed E-state index contributed by atoms with van der Waals surface area (Å²) in [6.07, 6.45) is 6.01. The maximum atomic E-state index is 13.0. The third kappa shape index (κ3) is 3.97. The van der Waals surface area contributed by atoms with Gasteiger partial charge in [-0.05, 0) is 74.0 Å². The second-order valence-corrected chi connectivity index (χ2v) is 7.97. The molecule has 1 heterocycles. The van der Waals surface area contributed by atoms with Crippen molar-refractivity contribution in [1.82, 2.24) is 10.2 Å². The molecule has 1 unspecified atom stereocenters. The molecule has 3 fully saturated rings. The minimum absolute atomic E-state index is 0.0681. The third-order valence-corrected chi connectivity index (χ3v) is 6.03. The molecule has 1 aromatic carbocycles. The SMILES string of the molecule is O=C(NC(C1CC1)C1CC1)N1CCC(C(O)c2ccc(F)cc2)CC1. The molecule has 1 saturated heterocycles. The maximum Gasteiger partial charge on any atom is 0.317 e. The van der Waals surface area contributed by atoms with Crippen LogP contribution in [0.25, 0.3) is 0 Å². The van der Waals surface area contributed by atoms with Crippen LogP contribution in [0.3, 0.4) is 0 Å². The number of aliphatic hydroxyl groups excluding tert-OH is 1. The van der Waals surface area contributed by atoms with Crippen molar-refractivity contribution in [2.45, 2.75) is 50.7 Å². The number of hydrogen-bond donors (Lipinski definition) is 2. The summed E-state index contributed by atoms with van der Waals surface area (Å²) >= 11 is 0. The number of piperidine rings is 1. The normalized spacial score (nSPS) is 22.9. The van der Waals surface area contributed by atoms with Crippen molar-refractivity contribution in [3.05, 3.63) is 35.6 Å². The lowest BCUT2D eigenvalue weighted by Crippen LogP contribution is -2.49. The van der Waals surface area contributed by atoms with Crippen molar-refractivity contribution in [3.63, 3.8) is 0 Å². The molecule has 4 nitrogen and oxygen atoms in total. The summed E-state index contributed by atoms with van der Waals surface area (Å²) in [5.74, 6) is 1.24. The van der Waals surface area contributed by atoms with Crippen LogP contribution in [0.15, 0.2) is 24.3 Å². The van der Waals surface area contributed by atoms with E-state index in [1.165, 1.54) is 37.8 Å². The summed E-state index contributed by atoms with van der Waals surface area (Å²) in [4.78, 5) is 14.5. The zero-order valence-corrected chi connectivity index (χ0v) is 14.5. The Morgan fingerprint density at radius 3 is 2.08 bits per heavy atom. The first-order chi connectivity index (χ1) is 12.1. The highest BCUT2D eigenvalue weighted by molar-refractivity contribution is 5.74.